The highest BCUT2D eigenvalue weighted by Crippen LogP contribution is 2.31. The van der Waals surface area contributed by atoms with E-state index in [2.05, 4.69) is 68.8 Å². The Morgan fingerprint density at radius 2 is 1.84 bits per heavy atom. The van der Waals surface area contributed by atoms with Crippen molar-refractivity contribution in [1.82, 2.24) is 0 Å². The summed E-state index contributed by atoms with van der Waals surface area (Å²) >= 11 is 0. The normalized spacial score (nSPS) is 17.6. The summed E-state index contributed by atoms with van der Waals surface area (Å²) in [6, 6.07) is 19.5. The Balaban J connectivity index is 1.61. The van der Waals surface area contributed by atoms with Gasteiger partial charge in [-0.3, -0.25) is 4.79 Å². The van der Waals surface area contributed by atoms with Gasteiger partial charge >= 0.3 is 0 Å². The van der Waals surface area contributed by atoms with Crippen molar-refractivity contribution in [3.63, 3.8) is 0 Å². The van der Waals surface area contributed by atoms with Crippen LogP contribution in [0.25, 0.3) is 0 Å². The molecule has 2 aromatic carbocycles. The summed E-state index contributed by atoms with van der Waals surface area (Å²) in [7, 11) is 4.35. The molecule has 3 rings (SSSR count). The molecule has 2 atom stereocenters. The van der Waals surface area contributed by atoms with Gasteiger partial charge in [0.25, 0.3) is 5.91 Å². The molecule has 3 N–H and O–H groups in total. The van der Waals surface area contributed by atoms with Gasteiger partial charge in [0.1, 0.15) is 6.54 Å². The van der Waals surface area contributed by atoms with Crippen LogP contribution in [0.2, 0.25) is 0 Å². The van der Waals surface area contributed by atoms with Crippen LogP contribution in [0, 0.1) is 0 Å². The van der Waals surface area contributed by atoms with Crippen LogP contribution < -0.4 is 15.1 Å². The molecule has 0 bridgehead atoms. The van der Waals surface area contributed by atoms with Gasteiger partial charge in [0.2, 0.25) is 0 Å². The minimum Gasteiger partial charge on any atom is -0.333 e. The topological polar surface area (TPSA) is 41.4 Å². The Hall–Kier alpha value is -2.17. The Kier molecular flexibility index (Phi) is 5.51. The maximum Gasteiger partial charge on any atom is 0.282 e. The average Bonchev–Trinajstić information content (AvgIpc) is 2.94. The Morgan fingerprint density at radius 1 is 1.16 bits per heavy atom. The first-order valence-electron chi connectivity index (χ1n) is 9.14. The van der Waals surface area contributed by atoms with Crippen molar-refractivity contribution < 1.29 is 15.0 Å². The van der Waals surface area contributed by atoms with Gasteiger partial charge in [0.05, 0.1) is 14.1 Å². The minimum atomic E-state index is 0.206. The molecule has 4 heteroatoms. The van der Waals surface area contributed by atoms with E-state index in [1.165, 1.54) is 16.0 Å². The molecule has 0 saturated heterocycles. The van der Waals surface area contributed by atoms with Crippen LogP contribution >= 0.6 is 0 Å². The predicted octanol–water partition coefficient (Wildman–Crippen LogP) is 0.413. The van der Waals surface area contributed by atoms with Crippen LogP contribution in [-0.2, 0) is 11.2 Å². The molecule has 4 nitrogen and oxygen atoms in total. The van der Waals surface area contributed by atoms with Gasteiger partial charge in [-0.1, -0.05) is 48.5 Å². The Labute approximate surface area is 150 Å². The fourth-order valence-corrected chi connectivity index (χ4v) is 3.81. The number of fused-ring (bicyclic) bond motifs is 1. The third-order valence-corrected chi connectivity index (χ3v) is 5.10. The molecule has 0 fully saturated rings. The number of carbonyl (C=O) groups excluding carboxylic acids is 1. The molecule has 1 heterocycles. The molecule has 132 valence electrons. The SMILES string of the molecule is C[C@@H]1Cc2ccccc2N1C(=O)C[NH2+]C[C@@H](c1ccccc1)[NH+](C)C. The summed E-state index contributed by atoms with van der Waals surface area (Å²) in [5, 5.41) is 2.15. The molecule has 0 unspecified atom stereocenters. The summed E-state index contributed by atoms with van der Waals surface area (Å²) in [4.78, 5) is 16.2. The van der Waals surface area contributed by atoms with E-state index < -0.39 is 0 Å². The van der Waals surface area contributed by atoms with Crippen molar-refractivity contribution in [2.45, 2.75) is 25.4 Å². The number of hydrogen-bond donors (Lipinski definition) is 2. The molecule has 0 radical (unpaired) electrons. The fourth-order valence-electron chi connectivity index (χ4n) is 3.81. The average molecular weight is 339 g/mol. The van der Waals surface area contributed by atoms with E-state index in [1.807, 2.05) is 17.0 Å². The lowest BCUT2D eigenvalue weighted by Gasteiger charge is -2.23. The molecule has 1 aliphatic heterocycles. The second-order valence-corrected chi connectivity index (χ2v) is 7.21. The lowest BCUT2D eigenvalue weighted by atomic mass is 10.1. The molecule has 0 aliphatic carbocycles. The van der Waals surface area contributed by atoms with Crippen LogP contribution in [0.3, 0.4) is 0 Å². The molecule has 0 saturated carbocycles. The van der Waals surface area contributed by atoms with E-state index in [0.29, 0.717) is 12.6 Å². The number of anilines is 1. The van der Waals surface area contributed by atoms with Crippen LogP contribution in [-0.4, -0.2) is 39.1 Å². The number of quaternary nitrogens is 2. The molecular formula is C21H29N3O+2. The zero-order valence-electron chi connectivity index (χ0n) is 15.4. The number of para-hydroxylation sites is 1. The summed E-state index contributed by atoms with van der Waals surface area (Å²) in [5.74, 6) is 0.206. The highest BCUT2D eigenvalue weighted by Gasteiger charge is 2.31. The largest absolute Gasteiger partial charge is 0.333 e. The van der Waals surface area contributed by atoms with Crippen LogP contribution in [0.5, 0.6) is 0 Å². The number of nitrogens with zero attached hydrogens (tertiary/aromatic N) is 1. The zero-order chi connectivity index (χ0) is 17.8. The summed E-state index contributed by atoms with van der Waals surface area (Å²) in [5.41, 5.74) is 3.69. The third kappa shape index (κ3) is 3.91. The number of likely N-dealkylation sites (N-methyl/N-ethyl adjacent to an activating group) is 1. The van der Waals surface area contributed by atoms with Crippen molar-refractivity contribution in [3.05, 3.63) is 65.7 Å². The lowest BCUT2D eigenvalue weighted by molar-refractivity contribution is -0.908. The van der Waals surface area contributed by atoms with Crippen molar-refractivity contribution >= 4 is 11.6 Å². The number of amides is 1. The van der Waals surface area contributed by atoms with Crippen LogP contribution in [0.4, 0.5) is 5.69 Å². The first kappa shape index (κ1) is 17.6. The zero-order valence-corrected chi connectivity index (χ0v) is 15.4. The first-order chi connectivity index (χ1) is 12.1. The molecular weight excluding hydrogens is 310 g/mol. The van der Waals surface area contributed by atoms with Gasteiger partial charge in [-0.2, -0.15) is 0 Å². The molecule has 0 spiro atoms. The highest BCUT2D eigenvalue weighted by molar-refractivity contribution is 5.96. The maximum absolute atomic E-state index is 12.8. The first-order valence-corrected chi connectivity index (χ1v) is 9.14. The van der Waals surface area contributed by atoms with E-state index in [-0.39, 0.29) is 11.9 Å². The predicted molar refractivity (Wildman–Crippen MR) is 101 cm³/mol. The standard InChI is InChI=1S/C21H27N3O/c1-16-13-18-11-7-8-12-19(18)24(16)21(25)15-22-14-20(23(2)3)17-9-5-4-6-10-17/h4-12,16,20,22H,13-15H2,1-3H3/p+2/t16-,20+/m1/s1. The Morgan fingerprint density at radius 3 is 2.56 bits per heavy atom. The molecule has 25 heavy (non-hydrogen) atoms. The molecule has 1 amide bonds. The number of rotatable bonds is 6. The van der Waals surface area contributed by atoms with Gasteiger partial charge in [0, 0.05) is 17.3 Å². The minimum absolute atomic E-state index is 0.206. The van der Waals surface area contributed by atoms with E-state index in [0.717, 1.165) is 18.7 Å². The van der Waals surface area contributed by atoms with Crippen LogP contribution in [0.1, 0.15) is 24.1 Å². The van der Waals surface area contributed by atoms with Gasteiger partial charge in [-0.15, -0.1) is 0 Å². The van der Waals surface area contributed by atoms with E-state index in [9.17, 15) is 4.79 Å². The summed E-state index contributed by atoms with van der Waals surface area (Å²) in [6.45, 7) is 3.53. The van der Waals surface area contributed by atoms with E-state index >= 15 is 0 Å². The third-order valence-electron chi connectivity index (χ3n) is 5.10. The second-order valence-electron chi connectivity index (χ2n) is 7.21. The van der Waals surface area contributed by atoms with Gasteiger partial charge in [-0.05, 0) is 25.0 Å². The van der Waals surface area contributed by atoms with Gasteiger partial charge in [0.15, 0.2) is 12.6 Å². The van der Waals surface area contributed by atoms with Gasteiger partial charge in [-0.25, -0.2) is 0 Å². The van der Waals surface area contributed by atoms with E-state index in [1.54, 1.807) is 0 Å². The van der Waals surface area contributed by atoms with E-state index in [4.69, 9.17) is 0 Å². The van der Waals surface area contributed by atoms with Crippen molar-refractivity contribution in [2.24, 2.45) is 0 Å². The van der Waals surface area contributed by atoms with Crippen molar-refractivity contribution in [2.75, 3.05) is 32.1 Å². The Bertz CT molecular complexity index is 714. The number of nitrogens with one attached hydrogen (secondary N) is 1. The summed E-state index contributed by atoms with van der Waals surface area (Å²) < 4.78 is 0. The monoisotopic (exact) mass is 339 g/mol. The lowest BCUT2D eigenvalue weighted by Crippen LogP contribution is -3.09. The summed E-state index contributed by atoms with van der Waals surface area (Å²) in [6.07, 6.45) is 0.955. The number of benzene rings is 2. The maximum atomic E-state index is 12.8. The van der Waals surface area contributed by atoms with Crippen LogP contribution in [0.15, 0.2) is 54.6 Å². The fraction of sp³-hybridized carbons (Fsp3) is 0.381. The molecule has 2 aromatic rings. The molecule has 0 aromatic heterocycles. The quantitative estimate of drug-likeness (QED) is 0.787. The van der Waals surface area contributed by atoms with Gasteiger partial charge < -0.3 is 15.1 Å². The molecule has 1 aliphatic rings. The number of carbonyl (C=O) groups is 1. The van der Waals surface area contributed by atoms with Crippen molar-refractivity contribution in [1.29, 1.82) is 0 Å². The second kappa shape index (κ2) is 7.81. The smallest absolute Gasteiger partial charge is 0.282 e. The van der Waals surface area contributed by atoms with Crippen molar-refractivity contribution in [3.8, 4) is 0 Å². The highest BCUT2D eigenvalue weighted by atomic mass is 16.2. The number of hydrogen-bond acceptors (Lipinski definition) is 1. The number of nitrogens with two attached hydrogens (primary N) is 1.